The van der Waals surface area contributed by atoms with E-state index in [0.717, 1.165) is 24.5 Å². The van der Waals surface area contributed by atoms with Gasteiger partial charge in [0.15, 0.2) is 5.96 Å². The quantitative estimate of drug-likeness (QED) is 0.0146. The van der Waals surface area contributed by atoms with E-state index in [0.29, 0.717) is 69.9 Å². The molecule has 44 heteroatoms. The Labute approximate surface area is 781 Å². The van der Waals surface area contributed by atoms with Gasteiger partial charge in [0.05, 0.1) is 39.0 Å². The Hall–Kier alpha value is -14.4. The lowest BCUT2D eigenvalue weighted by molar-refractivity contribution is -0.149. The second-order valence-corrected chi connectivity index (χ2v) is 34.5. The third-order valence-corrected chi connectivity index (χ3v) is 23.7. The van der Waals surface area contributed by atoms with E-state index in [-0.39, 0.29) is 89.6 Å². The van der Waals surface area contributed by atoms with Crippen molar-refractivity contribution in [3.63, 3.8) is 0 Å². The van der Waals surface area contributed by atoms with E-state index in [9.17, 15) is 67.4 Å². The molecule has 0 unspecified atom stereocenters. The predicted molar refractivity (Wildman–Crippen MR) is 495 cm³/mol. The third kappa shape index (κ3) is 31.1. The van der Waals surface area contributed by atoms with Crippen LogP contribution >= 0.6 is 0 Å². The molecule has 44 nitrogen and oxygen atoms in total. The Kier molecular flexibility index (Phi) is 40.5. The zero-order valence-corrected chi connectivity index (χ0v) is 77.6. The van der Waals surface area contributed by atoms with Crippen LogP contribution in [0.5, 0.6) is 0 Å². The first-order valence-corrected chi connectivity index (χ1v) is 45.3. The van der Waals surface area contributed by atoms with Gasteiger partial charge in [-0.1, -0.05) is 120 Å². The van der Waals surface area contributed by atoms with Gasteiger partial charge in [0, 0.05) is 119 Å². The van der Waals surface area contributed by atoms with Crippen LogP contribution in [0.2, 0.25) is 0 Å². The van der Waals surface area contributed by atoms with Crippen LogP contribution in [0.15, 0.2) is 104 Å². The number of aromatic amines is 3. The molecule has 2 aliphatic rings. The minimum Gasteiger partial charge on any atom is -0.394 e. The Balaban J connectivity index is 1.17. The molecule has 3 aromatic heterocycles. The Morgan fingerprint density at radius 2 is 1.06 bits per heavy atom. The van der Waals surface area contributed by atoms with Gasteiger partial charge < -0.3 is 126 Å². The van der Waals surface area contributed by atoms with Gasteiger partial charge in [0.2, 0.25) is 106 Å². The number of nitrogens with zero attached hydrogens (tertiary/aromatic N) is 6. The minimum atomic E-state index is -1.86. The summed E-state index contributed by atoms with van der Waals surface area (Å²) in [5.41, 5.74) is 19.9. The molecule has 0 aliphatic carbocycles. The first-order valence-electron chi connectivity index (χ1n) is 45.3. The van der Waals surface area contributed by atoms with E-state index >= 15 is 24.0 Å². The van der Waals surface area contributed by atoms with Crippen molar-refractivity contribution >= 4 is 134 Å². The van der Waals surface area contributed by atoms with E-state index in [1.54, 1.807) is 105 Å². The predicted octanol–water partition coefficient (Wildman–Crippen LogP) is -2.97. The number of nitrogens with two attached hydrogens (primary N) is 3. The van der Waals surface area contributed by atoms with Crippen molar-refractivity contribution in [3.05, 3.63) is 126 Å². The van der Waals surface area contributed by atoms with E-state index in [2.05, 4.69) is 83.7 Å². The van der Waals surface area contributed by atoms with E-state index < -0.39 is 236 Å². The molecule has 0 bridgehead atoms. The number of rotatable bonds is 26. The standard InChI is InChI=1S/C91H129N25O19/c1-10-12-30-70-84(129)106-61(29-21-35-97-91(94)95)80(125)105-62(79(124)101-46-74(93)119)33-34-75(120)100-47-76(121)104-66(38-53-23-15-14-16-24-53)87(132)113(7)52(5)78(123)108-68(42-73(92)118)89(134)116-36-22-32-71(116)85(130)107-64(41-56-45-96-50-102-56)82(127)109-65(37-51(3)4)86(131)112(6)48-77(122)103-63(39-54-43-98-59-27-19-17-25-57(54)59)81(126)111-69(49-117)83(128)110-67(40-55-44-99-60-28-20-18-26-58(55)60)88(133)115(9)72(31-13-11-2)90(135)114(70)8/h14-20,23-28,43-45,50-52,61-72,98-99,117H,10-13,21-22,29-42,46-49H2,1-9H3,(H2,92,118)(H2,93,119)(H,96,102)(H,100,120)(H,101,124)(H,103,122)(H,104,121)(H,105,125)(H,106,129)(H,107,130)(H,108,123)(H,109,127)(H,110,128)(H,111,126)(H4,94,95,97)/t52-,61-,62-,63-,64-,65-,66-,67-,68-,69-,70-,71-,72-/m0/s1. The maximum atomic E-state index is 15.7. The largest absolute Gasteiger partial charge is 0.394 e. The van der Waals surface area contributed by atoms with Crippen LogP contribution in [0, 0.1) is 11.3 Å². The summed E-state index contributed by atoms with van der Waals surface area (Å²) in [4.78, 5) is 280. The SMILES string of the molecule is CCCC[C@H]1C(=O)N(C)[C@@H](CCCC)C(=O)N[C@@H](CCCNC(=N)N)C(=O)N[C@H](C(=O)NCC(N)=O)CCC(=O)NCC(=O)N[C@@H](Cc2ccccc2)C(=O)N(C)[C@@H](C)C(=O)N[C@@H](CC(N)=O)C(=O)N2CCC[C@H]2C(=O)N[C@@H](Cc2cnc[nH]2)C(=O)N[C@@H](CC(C)C)C(=O)N(C)CC(=O)N[C@@H](Cc2c[nH]c3ccccc23)C(=O)N[C@@H](CO)C(=O)N[C@@H](Cc2c[nH]c3ccccc23)C(=O)N1C. The number of aliphatic hydroxyl groups is 1. The number of unbranched alkanes of at least 4 members (excludes halogenated alkanes) is 2. The summed E-state index contributed by atoms with van der Waals surface area (Å²) in [5, 5.41) is 51.5. The van der Waals surface area contributed by atoms with Crippen molar-refractivity contribution < 1.29 is 91.4 Å². The number of carbonyl (C=O) groups excluding carboxylic acids is 18. The summed E-state index contributed by atoms with van der Waals surface area (Å²) in [5.74, 6) is -17.6. The van der Waals surface area contributed by atoms with Crippen molar-refractivity contribution in [2.75, 3.05) is 67.5 Å². The monoisotopic (exact) mass is 1880 g/mol. The molecule has 5 heterocycles. The van der Waals surface area contributed by atoms with Crippen LogP contribution in [-0.4, -0.2) is 308 Å². The van der Waals surface area contributed by atoms with Crippen LogP contribution in [0.4, 0.5) is 0 Å². The van der Waals surface area contributed by atoms with Gasteiger partial charge in [-0.15, -0.1) is 0 Å². The molecular weight excluding hydrogens is 1750 g/mol. The number of imidazole rings is 1. The highest BCUT2D eigenvalue weighted by Crippen LogP contribution is 2.26. The Bertz CT molecular complexity index is 5180. The first-order chi connectivity index (χ1) is 64.3. The molecule has 13 atom stereocenters. The highest BCUT2D eigenvalue weighted by molar-refractivity contribution is 6.02. The van der Waals surface area contributed by atoms with E-state index in [1.165, 1.54) is 47.6 Å². The zero-order valence-electron chi connectivity index (χ0n) is 77.6. The highest BCUT2D eigenvalue weighted by Gasteiger charge is 2.44. The van der Waals surface area contributed by atoms with Gasteiger partial charge in [-0.05, 0) is 93.0 Å². The van der Waals surface area contributed by atoms with Crippen LogP contribution in [0.3, 0.4) is 0 Å². The van der Waals surface area contributed by atoms with E-state index in [4.69, 9.17) is 22.6 Å². The van der Waals surface area contributed by atoms with E-state index in [1.807, 2.05) is 13.8 Å². The first kappa shape index (κ1) is 106. The molecule has 0 radical (unpaired) electrons. The second-order valence-electron chi connectivity index (χ2n) is 34.5. The average Bonchev–Trinajstić information content (AvgIpc) is 1.74. The molecule has 2 saturated heterocycles. The van der Waals surface area contributed by atoms with Crippen LogP contribution in [0.1, 0.15) is 147 Å². The molecular formula is C91H129N25O19. The highest BCUT2D eigenvalue weighted by atomic mass is 16.3. The molecule has 2 fully saturated rings. The number of benzene rings is 3. The number of aromatic nitrogens is 4. The molecule has 8 rings (SSSR count). The van der Waals surface area contributed by atoms with Crippen molar-refractivity contribution in [2.45, 2.75) is 229 Å². The minimum absolute atomic E-state index is 0.00462. The third-order valence-electron chi connectivity index (χ3n) is 23.7. The number of amides is 18. The number of aliphatic hydroxyl groups excluding tert-OH is 1. The summed E-state index contributed by atoms with van der Waals surface area (Å²) in [7, 11) is 5.19. The molecule has 23 N–H and O–H groups in total. The fourth-order valence-corrected chi connectivity index (χ4v) is 16.2. The summed E-state index contributed by atoms with van der Waals surface area (Å²) < 4.78 is 0. The molecule has 2 aliphatic heterocycles. The number of hydrogen-bond acceptors (Lipinski definition) is 21. The van der Waals surface area contributed by atoms with Gasteiger partial charge in [0.25, 0.3) is 0 Å². The lowest BCUT2D eigenvalue weighted by Crippen LogP contribution is -2.61. The lowest BCUT2D eigenvalue weighted by atomic mass is 10.00. The molecule has 3 aromatic carbocycles. The number of carbonyl (C=O) groups is 18. The second kappa shape index (κ2) is 51.6. The number of hydrogen-bond donors (Lipinski definition) is 20. The number of fused-ring (bicyclic) bond motifs is 3. The number of nitrogens with one attached hydrogen (secondary N) is 16. The fourth-order valence-electron chi connectivity index (χ4n) is 16.2. The van der Waals surface area contributed by atoms with Gasteiger partial charge in [-0.3, -0.25) is 91.7 Å². The summed E-state index contributed by atoms with van der Waals surface area (Å²) in [6.45, 7) is 4.99. The maximum Gasteiger partial charge on any atom is 0.246 e. The molecule has 18 amide bonds. The van der Waals surface area contributed by atoms with Crippen molar-refractivity contribution in [2.24, 2.45) is 23.1 Å². The van der Waals surface area contributed by atoms with Crippen molar-refractivity contribution in [1.82, 2.24) is 108 Å². The smallest absolute Gasteiger partial charge is 0.246 e. The zero-order chi connectivity index (χ0) is 98.9. The Morgan fingerprint density at radius 1 is 0.519 bits per heavy atom. The summed E-state index contributed by atoms with van der Waals surface area (Å²) >= 11 is 0. The number of guanidine groups is 1. The number of likely N-dealkylation sites (N-methyl/N-ethyl adjacent to an activating group) is 4. The molecule has 0 spiro atoms. The molecule has 135 heavy (non-hydrogen) atoms. The van der Waals surface area contributed by atoms with Crippen molar-refractivity contribution in [1.29, 1.82) is 5.41 Å². The van der Waals surface area contributed by atoms with Gasteiger partial charge in [-0.25, -0.2) is 4.98 Å². The molecule has 6 aromatic rings. The summed E-state index contributed by atoms with van der Waals surface area (Å²) in [6.07, 6.45) is 4.59. The van der Waals surface area contributed by atoms with Crippen LogP contribution < -0.4 is 81.0 Å². The fraction of sp³-hybridized carbons (Fsp3) is 0.516. The maximum absolute atomic E-state index is 15.7. The van der Waals surface area contributed by atoms with Gasteiger partial charge >= 0.3 is 0 Å². The average molecular weight is 1880 g/mol. The molecule has 732 valence electrons. The number of para-hydroxylation sites is 2. The lowest BCUT2D eigenvalue weighted by Gasteiger charge is -2.36. The summed E-state index contributed by atoms with van der Waals surface area (Å²) in [6, 6.07) is 2.45. The number of H-pyrrole nitrogens is 3. The number of primary amides is 2. The van der Waals surface area contributed by atoms with Gasteiger partial charge in [0.1, 0.15) is 78.5 Å². The van der Waals surface area contributed by atoms with Crippen LogP contribution in [0.25, 0.3) is 21.8 Å². The molecule has 0 saturated carbocycles. The Morgan fingerprint density at radius 3 is 1.66 bits per heavy atom. The normalized spacial score (nSPS) is 23.4. The topological polar surface area (TPSA) is 650 Å². The van der Waals surface area contributed by atoms with Gasteiger partial charge in [-0.2, -0.15) is 0 Å². The van der Waals surface area contributed by atoms with Crippen molar-refractivity contribution in [3.8, 4) is 0 Å². The van der Waals surface area contributed by atoms with Crippen LogP contribution in [-0.2, 0) is 112 Å².